The third-order valence-electron chi connectivity index (χ3n) is 6.16. The molecule has 0 aliphatic heterocycles. The molecule has 3 aromatic rings. The Balaban J connectivity index is 1.70. The van der Waals surface area contributed by atoms with Crippen LogP contribution in [0.15, 0.2) is 42.5 Å². The van der Waals surface area contributed by atoms with Crippen LogP contribution in [0.5, 0.6) is 5.75 Å². The molecule has 0 atom stereocenters. The first-order valence-electron chi connectivity index (χ1n) is 11.2. The molecule has 33 heavy (non-hydrogen) atoms. The number of benzene rings is 2. The van der Waals surface area contributed by atoms with E-state index in [9.17, 15) is 19.7 Å². The highest BCUT2D eigenvalue weighted by atomic mass is 16.6. The molecular weight excluding hydrogens is 424 g/mol. The van der Waals surface area contributed by atoms with Gasteiger partial charge >= 0.3 is 11.9 Å². The third-order valence-corrected chi connectivity index (χ3v) is 6.16. The van der Waals surface area contributed by atoms with Crippen LogP contribution in [0.4, 0.5) is 5.69 Å². The lowest BCUT2D eigenvalue weighted by atomic mass is 9.95. The van der Waals surface area contributed by atoms with Gasteiger partial charge in [0.1, 0.15) is 5.75 Å². The van der Waals surface area contributed by atoms with Crippen LogP contribution in [0.2, 0.25) is 0 Å². The van der Waals surface area contributed by atoms with Crippen LogP contribution in [0.25, 0.3) is 10.9 Å². The van der Waals surface area contributed by atoms with Crippen molar-refractivity contribution < 1.29 is 24.0 Å². The molecule has 8 nitrogen and oxygen atoms in total. The van der Waals surface area contributed by atoms with Crippen molar-refractivity contribution in [3.8, 4) is 5.75 Å². The van der Waals surface area contributed by atoms with Gasteiger partial charge in [0.2, 0.25) is 0 Å². The number of hydrogen-bond donors (Lipinski definition) is 0. The fourth-order valence-corrected chi connectivity index (χ4v) is 4.64. The van der Waals surface area contributed by atoms with Gasteiger partial charge in [-0.2, -0.15) is 0 Å². The molecule has 0 radical (unpaired) electrons. The van der Waals surface area contributed by atoms with Crippen molar-refractivity contribution >= 4 is 28.5 Å². The smallest absolute Gasteiger partial charge is 0.343 e. The van der Waals surface area contributed by atoms with E-state index in [1.165, 1.54) is 30.7 Å². The zero-order chi connectivity index (χ0) is 23.5. The van der Waals surface area contributed by atoms with Crippen LogP contribution >= 0.6 is 0 Å². The van der Waals surface area contributed by atoms with E-state index in [0.717, 1.165) is 36.9 Å². The van der Waals surface area contributed by atoms with E-state index >= 15 is 0 Å². The first kappa shape index (κ1) is 22.5. The average Bonchev–Trinajstić information content (AvgIpc) is 3.10. The van der Waals surface area contributed by atoms with Crippen molar-refractivity contribution in [2.75, 3.05) is 6.61 Å². The van der Waals surface area contributed by atoms with Crippen molar-refractivity contribution in [2.24, 2.45) is 0 Å². The first-order chi connectivity index (χ1) is 15.9. The number of fused-ring (bicyclic) bond motifs is 1. The highest BCUT2D eigenvalue weighted by molar-refractivity contribution is 6.06. The normalized spacial score (nSPS) is 14.2. The number of nitro groups is 1. The molecule has 1 aromatic heterocycles. The standard InChI is InChI=1S/C25H26N2O6/c1-3-32-25(29)23-16(2)26(18-7-5-4-6-8-18)22-14-13-20(15-21(22)23)33-24(28)17-9-11-19(12-10-17)27(30)31/h9-15,18H,3-8H2,1-2H3. The SMILES string of the molecule is CCOC(=O)c1c(C)n(C2CCCCC2)c2ccc(OC(=O)c3ccc([N+](=O)[O-])cc3)cc12. The van der Waals surface area contributed by atoms with Crippen LogP contribution in [-0.2, 0) is 4.74 Å². The molecule has 1 fully saturated rings. The number of non-ortho nitro benzene ring substituents is 1. The molecule has 8 heteroatoms. The van der Waals surface area contributed by atoms with E-state index in [1.54, 1.807) is 19.1 Å². The Morgan fingerprint density at radius 2 is 1.76 bits per heavy atom. The van der Waals surface area contributed by atoms with Gasteiger partial charge in [0.05, 0.1) is 22.7 Å². The maximum absolute atomic E-state index is 12.8. The Kier molecular flexibility index (Phi) is 6.44. The topological polar surface area (TPSA) is 101 Å². The fraction of sp³-hybridized carbons (Fsp3) is 0.360. The van der Waals surface area contributed by atoms with Crippen LogP contribution in [-0.4, -0.2) is 28.0 Å². The summed E-state index contributed by atoms with van der Waals surface area (Å²) in [5.74, 6) is -0.740. The average molecular weight is 450 g/mol. The molecule has 1 aliphatic rings. The second-order valence-electron chi connectivity index (χ2n) is 8.22. The van der Waals surface area contributed by atoms with Crippen molar-refractivity contribution in [1.82, 2.24) is 4.57 Å². The number of nitrogens with zero attached hydrogens (tertiary/aromatic N) is 2. The van der Waals surface area contributed by atoms with Crippen LogP contribution < -0.4 is 4.74 Å². The summed E-state index contributed by atoms with van der Waals surface area (Å²) in [6, 6.07) is 10.8. The summed E-state index contributed by atoms with van der Waals surface area (Å²) < 4.78 is 13.1. The number of carbonyl (C=O) groups excluding carboxylic acids is 2. The molecule has 2 aromatic carbocycles. The van der Waals surface area contributed by atoms with Crippen LogP contribution in [0, 0.1) is 17.0 Å². The molecule has 172 valence electrons. The second kappa shape index (κ2) is 9.44. The summed E-state index contributed by atoms with van der Waals surface area (Å²) in [6.45, 7) is 3.97. The maximum Gasteiger partial charge on any atom is 0.343 e. The van der Waals surface area contributed by atoms with Crippen molar-refractivity contribution in [3.63, 3.8) is 0 Å². The highest BCUT2D eigenvalue weighted by Gasteiger charge is 2.26. The summed E-state index contributed by atoms with van der Waals surface area (Å²) in [5, 5.41) is 11.5. The van der Waals surface area contributed by atoms with Crippen molar-refractivity contribution in [1.29, 1.82) is 0 Å². The van der Waals surface area contributed by atoms with Gasteiger partial charge in [-0.1, -0.05) is 19.3 Å². The lowest BCUT2D eigenvalue weighted by molar-refractivity contribution is -0.384. The molecule has 1 aliphatic carbocycles. The van der Waals surface area contributed by atoms with Crippen LogP contribution in [0.3, 0.4) is 0 Å². The minimum absolute atomic E-state index is 0.105. The predicted octanol–water partition coefficient (Wildman–Crippen LogP) is 5.76. The van der Waals surface area contributed by atoms with Gasteiger partial charge in [-0.05, 0) is 57.0 Å². The van der Waals surface area contributed by atoms with E-state index < -0.39 is 16.9 Å². The van der Waals surface area contributed by atoms with Crippen molar-refractivity contribution in [2.45, 2.75) is 52.0 Å². The minimum Gasteiger partial charge on any atom is -0.462 e. The Bertz CT molecular complexity index is 1210. The molecule has 0 saturated heterocycles. The summed E-state index contributed by atoms with van der Waals surface area (Å²) in [5.41, 5.74) is 2.35. The Morgan fingerprint density at radius 3 is 2.39 bits per heavy atom. The summed E-state index contributed by atoms with van der Waals surface area (Å²) in [7, 11) is 0. The number of rotatable bonds is 6. The van der Waals surface area contributed by atoms with E-state index in [4.69, 9.17) is 9.47 Å². The maximum atomic E-state index is 12.8. The minimum atomic E-state index is -0.634. The molecule has 0 unspecified atom stereocenters. The second-order valence-corrected chi connectivity index (χ2v) is 8.22. The van der Waals surface area contributed by atoms with Gasteiger partial charge in [-0.25, -0.2) is 9.59 Å². The van der Waals surface area contributed by atoms with Gasteiger partial charge < -0.3 is 14.0 Å². The molecule has 0 amide bonds. The van der Waals surface area contributed by atoms with Gasteiger partial charge in [-0.15, -0.1) is 0 Å². The molecule has 1 saturated carbocycles. The Hall–Kier alpha value is -3.68. The van der Waals surface area contributed by atoms with Crippen LogP contribution in [0.1, 0.15) is 71.5 Å². The number of esters is 2. The number of aromatic nitrogens is 1. The fourth-order valence-electron chi connectivity index (χ4n) is 4.64. The number of nitro benzene ring substituents is 1. The first-order valence-corrected chi connectivity index (χ1v) is 11.2. The number of ether oxygens (including phenoxy) is 2. The third kappa shape index (κ3) is 4.46. The quantitative estimate of drug-likeness (QED) is 0.205. The predicted molar refractivity (Wildman–Crippen MR) is 123 cm³/mol. The number of carbonyl (C=O) groups is 2. The van der Waals surface area contributed by atoms with E-state index in [2.05, 4.69) is 4.57 Å². The lowest BCUT2D eigenvalue weighted by Crippen LogP contribution is -2.15. The molecule has 0 spiro atoms. The van der Waals surface area contributed by atoms with Gasteiger partial charge in [0, 0.05) is 34.8 Å². The van der Waals surface area contributed by atoms with Gasteiger partial charge in [0.15, 0.2) is 0 Å². The highest BCUT2D eigenvalue weighted by Crippen LogP contribution is 2.37. The summed E-state index contributed by atoms with van der Waals surface area (Å²) >= 11 is 0. The van der Waals surface area contributed by atoms with E-state index in [-0.39, 0.29) is 23.6 Å². The van der Waals surface area contributed by atoms with Crippen molar-refractivity contribution in [3.05, 3.63) is 69.4 Å². The lowest BCUT2D eigenvalue weighted by Gasteiger charge is -2.26. The monoisotopic (exact) mass is 450 g/mol. The van der Waals surface area contributed by atoms with Gasteiger partial charge in [0.25, 0.3) is 5.69 Å². The van der Waals surface area contributed by atoms with E-state index in [1.807, 2.05) is 13.0 Å². The Labute approximate surface area is 191 Å². The molecule has 0 N–H and O–H groups in total. The summed E-state index contributed by atoms with van der Waals surface area (Å²) in [4.78, 5) is 35.7. The largest absolute Gasteiger partial charge is 0.462 e. The van der Waals surface area contributed by atoms with Gasteiger partial charge in [-0.3, -0.25) is 10.1 Å². The zero-order valence-electron chi connectivity index (χ0n) is 18.7. The molecule has 4 rings (SSSR count). The van der Waals surface area contributed by atoms with E-state index in [0.29, 0.717) is 17.0 Å². The molecule has 1 heterocycles. The molecule has 0 bridgehead atoms. The zero-order valence-corrected chi connectivity index (χ0v) is 18.7. The molecular formula is C25H26N2O6. The Morgan fingerprint density at radius 1 is 1.06 bits per heavy atom. The number of hydrogen-bond acceptors (Lipinski definition) is 6. The summed E-state index contributed by atoms with van der Waals surface area (Å²) in [6.07, 6.45) is 5.66.